The number of hydrogen-bond acceptors (Lipinski definition) is 1. The number of fused-ring (bicyclic) bond motifs is 1. The summed E-state index contributed by atoms with van der Waals surface area (Å²) in [6, 6.07) is 4.20. The predicted octanol–water partition coefficient (Wildman–Crippen LogP) is 2.11. The molecule has 1 aromatic carbocycles. The fourth-order valence-electron chi connectivity index (χ4n) is 2.29. The number of carboxylic acids is 1. The monoisotopic (exact) mass is 190 g/mol. The predicted molar refractivity (Wildman–Crippen MR) is 54.5 cm³/mol. The van der Waals surface area contributed by atoms with Crippen LogP contribution in [0.3, 0.4) is 0 Å². The highest BCUT2D eigenvalue weighted by atomic mass is 16.4. The van der Waals surface area contributed by atoms with E-state index >= 15 is 0 Å². The molecule has 1 N–H and O–H groups in total. The summed E-state index contributed by atoms with van der Waals surface area (Å²) in [4.78, 5) is 10.7. The van der Waals surface area contributed by atoms with Crippen molar-refractivity contribution in [2.75, 3.05) is 0 Å². The summed E-state index contributed by atoms with van der Waals surface area (Å²) >= 11 is 0. The number of carbonyl (C=O) groups is 1. The Morgan fingerprint density at radius 1 is 1.43 bits per heavy atom. The van der Waals surface area contributed by atoms with Gasteiger partial charge in [0.2, 0.25) is 0 Å². The summed E-state index contributed by atoms with van der Waals surface area (Å²) in [5.74, 6) is -0.732. The standard InChI is InChI=1S/C12H14O2/c1-8-5-9-3-2-4-11(9)10(6-8)7-12(13)14/h5-6H,2-4,7H2,1H3,(H,13,14). The molecule has 0 saturated heterocycles. The van der Waals surface area contributed by atoms with Gasteiger partial charge >= 0.3 is 5.97 Å². The zero-order chi connectivity index (χ0) is 10.1. The second-order valence-corrected chi connectivity index (χ2v) is 3.99. The van der Waals surface area contributed by atoms with Crippen molar-refractivity contribution in [2.45, 2.75) is 32.6 Å². The SMILES string of the molecule is Cc1cc2c(c(CC(=O)O)c1)CCC2. The van der Waals surface area contributed by atoms with Gasteiger partial charge in [-0.3, -0.25) is 4.79 Å². The lowest BCUT2D eigenvalue weighted by molar-refractivity contribution is -0.136. The van der Waals surface area contributed by atoms with Crippen molar-refractivity contribution in [3.63, 3.8) is 0 Å². The zero-order valence-electron chi connectivity index (χ0n) is 8.34. The van der Waals surface area contributed by atoms with Crippen LogP contribution in [-0.4, -0.2) is 11.1 Å². The maximum Gasteiger partial charge on any atom is 0.307 e. The first-order valence-electron chi connectivity index (χ1n) is 5.00. The van der Waals surface area contributed by atoms with Crippen LogP contribution in [0.15, 0.2) is 12.1 Å². The average Bonchev–Trinajstić information content (AvgIpc) is 2.50. The summed E-state index contributed by atoms with van der Waals surface area (Å²) in [6.45, 7) is 2.03. The second-order valence-electron chi connectivity index (χ2n) is 3.99. The van der Waals surface area contributed by atoms with Gasteiger partial charge < -0.3 is 5.11 Å². The fraction of sp³-hybridized carbons (Fsp3) is 0.417. The van der Waals surface area contributed by atoms with E-state index in [1.807, 2.05) is 13.0 Å². The van der Waals surface area contributed by atoms with Gasteiger partial charge in [-0.25, -0.2) is 0 Å². The van der Waals surface area contributed by atoms with Gasteiger partial charge in [0.15, 0.2) is 0 Å². The molecule has 0 aromatic heterocycles. The smallest absolute Gasteiger partial charge is 0.307 e. The normalized spacial score (nSPS) is 14.1. The molecule has 14 heavy (non-hydrogen) atoms. The van der Waals surface area contributed by atoms with Crippen molar-refractivity contribution >= 4 is 5.97 Å². The maximum absolute atomic E-state index is 10.7. The van der Waals surface area contributed by atoms with E-state index in [2.05, 4.69) is 6.07 Å². The molecule has 0 unspecified atom stereocenters. The molecular formula is C12H14O2. The molecule has 1 aliphatic carbocycles. The van der Waals surface area contributed by atoms with Gasteiger partial charge in [0.05, 0.1) is 6.42 Å². The molecule has 1 aromatic rings. The molecule has 0 spiro atoms. The Balaban J connectivity index is 2.43. The first-order valence-corrected chi connectivity index (χ1v) is 5.00. The third-order valence-corrected chi connectivity index (χ3v) is 2.79. The molecule has 0 radical (unpaired) electrons. The van der Waals surface area contributed by atoms with E-state index in [4.69, 9.17) is 5.11 Å². The minimum Gasteiger partial charge on any atom is -0.481 e. The van der Waals surface area contributed by atoms with Crippen LogP contribution in [0.5, 0.6) is 0 Å². The molecule has 1 aliphatic rings. The van der Waals surface area contributed by atoms with Crippen molar-refractivity contribution in [1.29, 1.82) is 0 Å². The number of aryl methyl sites for hydroxylation is 2. The lowest BCUT2D eigenvalue weighted by Gasteiger charge is -2.07. The highest BCUT2D eigenvalue weighted by molar-refractivity contribution is 5.71. The Hall–Kier alpha value is -1.31. The molecular weight excluding hydrogens is 176 g/mol. The highest BCUT2D eigenvalue weighted by Gasteiger charge is 2.16. The Bertz CT molecular complexity index is 380. The number of benzene rings is 1. The van der Waals surface area contributed by atoms with Crippen LogP contribution in [0.25, 0.3) is 0 Å². The summed E-state index contributed by atoms with van der Waals surface area (Å²) in [6.07, 6.45) is 3.51. The van der Waals surface area contributed by atoms with E-state index in [1.54, 1.807) is 0 Å². The van der Waals surface area contributed by atoms with Crippen molar-refractivity contribution in [3.8, 4) is 0 Å². The largest absolute Gasteiger partial charge is 0.481 e. The molecule has 0 amide bonds. The van der Waals surface area contributed by atoms with Crippen molar-refractivity contribution in [2.24, 2.45) is 0 Å². The summed E-state index contributed by atoms with van der Waals surface area (Å²) in [5.41, 5.74) is 4.85. The first-order chi connectivity index (χ1) is 6.66. The molecule has 0 aliphatic heterocycles. The average molecular weight is 190 g/mol. The number of aliphatic carboxylic acids is 1. The lowest BCUT2D eigenvalue weighted by atomic mass is 9.98. The lowest BCUT2D eigenvalue weighted by Crippen LogP contribution is -2.04. The van der Waals surface area contributed by atoms with Crippen LogP contribution in [0.4, 0.5) is 0 Å². The Morgan fingerprint density at radius 3 is 2.93 bits per heavy atom. The Morgan fingerprint density at radius 2 is 2.21 bits per heavy atom. The van der Waals surface area contributed by atoms with E-state index in [1.165, 1.54) is 23.1 Å². The van der Waals surface area contributed by atoms with Gasteiger partial charge in [0.1, 0.15) is 0 Å². The van der Waals surface area contributed by atoms with E-state index in [0.717, 1.165) is 18.4 Å². The topological polar surface area (TPSA) is 37.3 Å². The van der Waals surface area contributed by atoms with E-state index in [9.17, 15) is 4.79 Å². The Kier molecular flexibility index (Phi) is 2.28. The van der Waals surface area contributed by atoms with Gasteiger partial charge in [0, 0.05) is 0 Å². The van der Waals surface area contributed by atoms with Crippen LogP contribution in [0.2, 0.25) is 0 Å². The summed E-state index contributed by atoms with van der Waals surface area (Å²) < 4.78 is 0. The van der Waals surface area contributed by atoms with Crippen molar-refractivity contribution in [3.05, 3.63) is 34.4 Å². The number of carboxylic acid groups (broad SMARTS) is 1. The van der Waals surface area contributed by atoms with Crippen LogP contribution in [-0.2, 0) is 24.1 Å². The van der Waals surface area contributed by atoms with E-state index in [0.29, 0.717) is 0 Å². The zero-order valence-corrected chi connectivity index (χ0v) is 8.34. The van der Waals surface area contributed by atoms with Gasteiger partial charge in [-0.1, -0.05) is 17.7 Å². The van der Waals surface area contributed by atoms with Gasteiger partial charge in [0.25, 0.3) is 0 Å². The highest BCUT2D eigenvalue weighted by Crippen LogP contribution is 2.27. The molecule has 0 saturated carbocycles. The van der Waals surface area contributed by atoms with Gasteiger partial charge in [-0.15, -0.1) is 0 Å². The summed E-state index contributed by atoms with van der Waals surface area (Å²) in [5, 5.41) is 8.79. The van der Waals surface area contributed by atoms with Crippen LogP contribution in [0, 0.1) is 6.92 Å². The Labute approximate surface area is 83.6 Å². The second kappa shape index (κ2) is 3.45. The third-order valence-electron chi connectivity index (χ3n) is 2.79. The number of hydrogen-bond donors (Lipinski definition) is 1. The molecule has 2 heteroatoms. The van der Waals surface area contributed by atoms with E-state index < -0.39 is 5.97 Å². The first kappa shape index (κ1) is 9.25. The molecule has 0 bridgehead atoms. The van der Waals surface area contributed by atoms with Gasteiger partial charge in [-0.05, 0) is 42.9 Å². The van der Waals surface area contributed by atoms with Crippen molar-refractivity contribution < 1.29 is 9.90 Å². The van der Waals surface area contributed by atoms with Crippen LogP contribution >= 0.6 is 0 Å². The van der Waals surface area contributed by atoms with Crippen molar-refractivity contribution in [1.82, 2.24) is 0 Å². The minimum absolute atomic E-state index is 0.171. The van der Waals surface area contributed by atoms with Crippen LogP contribution in [0.1, 0.15) is 28.7 Å². The molecule has 0 fully saturated rings. The van der Waals surface area contributed by atoms with E-state index in [-0.39, 0.29) is 6.42 Å². The molecule has 2 rings (SSSR count). The number of rotatable bonds is 2. The maximum atomic E-state index is 10.7. The van der Waals surface area contributed by atoms with Gasteiger partial charge in [-0.2, -0.15) is 0 Å². The molecule has 0 heterocycles. The fourth-order valence-corrected chi connectivity index (χ4v) is 2.29. The molecule has 2 nitrogen and oxygen atoms in total. The molecule has 74 valence electrons. The third kappa shape index (κ3) is 1.65. The minimum atomic E-state index is -0.732. The van der Waals surface area contributed by atoms with Crippen LogP contribution < -0.4 is 0 Å². The molecule has 0 atom stereocenters. The quantitative estimate of drug-likeness (QED) is 0.775. The summed E-state index contributed by atoms with van der Waals surface area (Å²) in [7, 11) is 0.